The predicted octanol–water partition coefficient (Wildman–Crippen LogP) is 1.61. The first-order valence-corrected chi connectivity index (χ1v) is 8.71. The van der Waals surface area contributed by atoms with Gasteiger partial charge in [0.1, 0.15) is 11.6 Å². The van der Waals surface area contributed by atoms with Crippen molar-refractivity contribution in [2.75, 3.05) is 13.4 Å². The quantitative estimate of drug-likeness (QED) is 0.709. The lowest BCUT2D eigenvalue weighted by Gasteiger charge is -2.24. The molecule has 0 aliphatic heterocycles. The van der Waals surface area contributed by atoms with E-state index in [1.54, 1.807) is 6.07 Å². The smallest absolute Gasteiger partial charge is 0.229 e. The standard InChI is InChI=1S/C15H18FN3O3S/c1-22-15-12(19-23(2,20)21)7-6-11(17)13(15)14(18)9-4-3-5-10(16)8-9/h3-5,8,18-19H,6-7,17H2,1-2H3. The monoisotopic (exact) mass is 339 g/mol. The van der Waals surface area contributed by atoms with Crippen molar-refractivity contribution in [2.24, 2.45) is 5.73 Å². The van der Waals surface area contributed by atoms with Crippen molar-refractivity contribution in [3.8, 4) is 0 Å². The van der Waals surface area contributed by atoms with E-state index >= 15 is 0 Å². The van der Waals surface area contributed by atoms with Gasteiger partial charge < -0.3 is 10.5 Å². The molecule has 0 radical (unpaired) electrons. The van der Waals surface area contributed by atoms with Crippen LogP contribution in [0.25, 0.3) is 0 Å². The number of ether oxygens (including phenoxy) is 1. The number of hydrogen-bond donors (Lipinski definition) is 3. The van der Waals surface area contributed by atoms with E-state index in [2.05, 4.69) is 4.72 Å². The molecule has 1 aliphatic carbocycles. The van der Waals surface area contributed by atoms with Crippen molar-refractivity contribution < 1.29 is 17.5 Å². The molecular weight excluding hydrogens is 321 g/mol. The predicted molar refractivity (Wildman–Crippen MR) is 85.7 cm³/mol. The summed E-state index contributed by atoms with van der Waals surface area (Å²) in [5.74, 6) is -0.284. The summed E-state index contributed by atoms with van der Waals surface area (Å²) in [6.07, 6.45) is 1.76. The van der Waals surface area contributed by atoms with Gasteiger partial charge in [-0.05, 0) is 25.0 Å². The molecule has 0 aromatic heterocycles. The number of nitrogens with one attached hydrogen (secondary N) is 2. The van der Waals surface area contributed by atoms with Gasteiger partial charge in [0.15, 0.2) is 0 Å². The van der Waals surface area contributed by atoms with E-state index in [4.69, 9.17) is 15.9 Å². The van der Waals surface area contributed by atoms with Crippen molar-refractivity contribution in [2.45, 2.75) is 12.8 Å². The van der Waals surface area contributed by atoms with Crippen LogP contribution >= 0.6 is 0 Å². The van der Waals surface area contributed by atoms with Gasteiger partial charge in [-0.3, -0.25) is 10.1 Å². The van der Waals surface area contributed by atoms with Gasteiger partial charge in [-0.2, -0.15) is 0 Å². The molecule has 1 aliphatic rings. The minimum atomic E-state index is -3.49. The molecule has 0 unspecified atom stereocenters. The van der Waals surface area contributed by atoms with Crippen molar-refractivity contribution in [1.82, 2.24) is 4.72 Å². The molecule has 0 saturated heterocycles. The molecule has 8 heteroatoms. The third-order valence-electron chi connectivity index (χ3n) is 3.34. The van der Waals surface area contributed by atoms with Gasteiger partial charge in [-0.15, -0.1) is 0 Å². The molecule has 6 nitrogen and oxygen atoms in total. The van der Waals surface area contributed by atoms with Crippen LogP contribution in [0.2, 0.25) is 0 Å². The number of nitrogens with two attached hydrogens (primary N) is 1. The summed E-state index contributed by atoms with van der Waals surface area (Å²) in [6.45, 7) is 0. The van der Waals surface area contributed by atoms with Crippen LogP contribution < -0.4 is 10.5 Å². The molecule has 1 aromatic rings. The molecule has 0 spiro atoms. The van der Waals surface area contributed by atoms with Gasteiger partial charge in [0.05, 0.1) is 30.3 Å². The maximum atomic E-state index is 13.4. The number of benzene rings is 1. The second-order valence-electron chi connectivity index (χ2n) is 5.17. The van der Waals surface area contributed by atoms with Gasteiger partial charge in [-0.25, -0.2) is 12.8 Å². The highest BCUT2D eigenvalue weighted by Crippen LogP contribution is 2.30. The largest absolute Gasteiger partial charge is 0.494 e. The van der Waals surface area contributed by atoms with E-state index in [0.29, 0.717) is 29.8 Å². The molecular formula is C15H18FN3O3S. The summed E-state index contributed by atoms with van der Waals surface area (Å²) >= 11 is 0. The first-order chi connectivity index (χ1) is 10.7. The third kappa shape index (κ3) is 3.89. The minimum absolute atomic E-state index is 0.0219. The zero-order valence-corrected chi connectivity index (χ0v) is 13.6. The van der Waals surface area contributed by atoms with Crippen LogP contribution in [0.1, 0.15) is 18.4 Å². The Morgan fingerprint density at radius 1 is 1.39 bits per heavy atom. The molecule has 1 aromatic carbocycles. The maximum Gasteiger partial charge on any atom is 0.229 e. The molecule has 0 amide bonds. The average molecular weight is 339 g/mol. The SMILES string of the molecule is COC1=C(NS(C)(=O)=O)CCC(N)=C1C(=N)c1cccc(F)c1. The zero-order valence-electron chi connectivity index (χ0n) is 12.8. The van der Waals surface area contributed by atoms with Crippen molar-refractivity contribution >= 4 is 15.7 Å². The van der Waals surface area contributed by atoms with Crippen LogP contribution in [0.5, 0.6) is 0 Å². The first-order valence-electron chi connectivity index (χ1n) is 6.81. The molecule has 0 saturated carbocycles. The van der Waals surface area contributed by atoms with Crippen LogP contribution in [0.15, 0.2) is 47.0 Å². The van der Waals surface area contributed by atoms with E-state index < -0.39 is 15.8 Å². The Morgan fingerprint density at radius 2 is 2.09 bits per heavy atom. The Balaban J connectivity index is 2.51. The Bertz CT molecular complexity index is 813. The Labute approximate surface area is 134 Å². The molecule has 0 heterocycles. The Morgan fingerprint density at radius 3 is 2.65 bits per heavy atom. The molecule has 2 rings (SSSR count). The molecule has 124 valence electrons. The van der Waals surface area contributed by atoms with Gasteiger partial charge in [0.2, 0.25) is 10.0 Å². The van der Waals surface area contributed by atoms with Gasteiger partial charge in [0, 0.05) is 11.3 Å². The topological polar surface area (TPSA) is 105 Å². The zero-order chi connectivity index (χ0) is 17.2. The highest BCUT2D eigenvalue weighted by atomic mass is 32.2. The van der Waals surface area contributed by atoms with Gasteiger partial charge in [-0.1, -0.05) is 12.1 Å². The lowest BCUT2D eigenvalue weighted by Crippen LogP contribution is -2.28. The van der Waals surface area contributed by atoms with Crippen LogP contribution in [0.4, 0.5) is 4.39 Å². The first kappa shape index (κ1) is 17.0. The summed E-state index contributed by atoms with van der Waals surface area (Å²) in [4.78, 5) is 0. The van der Waals surface area contributed by atoms with E-state index in [1.807, 2.05) is 0 Å². The van der Waals surface area contributed by atoms with Crippen molar-refractivity contribution in [1.29, 1.82) is 5.41 Å². The summed E-state index contributed by atoms with van der Waals surface area (Å²) < 4.78 is 44.0. The second kappa shape index (κ2) is 6.41. The molecule has 4 N–H and O–H groups in total. The second-order valence-corrected chi connectivity index (χ2v) is 6.92. The highest BCUT2D eigenvalue weighted by Gasteiger charge is 2.26. The van der Waals surface area contributed by atoms with Crippen LogP contribution in [0.3, 0.4) is 0 Å². The molecule has 0 fully saturated rings. The summed E-state index contributed by atoms with van der Waals surface area (Å²) in [5, 5.41) is 8.31. The van der Waals surface area contributed by atoms with Crippen LogP contribution in [-0.4, -0.2) is 27.5 Å². The van der Waals surface area contributed by atoms with Gasteiger partial charge >= 0.3 is 0 Å². The average Bonchev–Trinajstić information content (AvgIpc) is 2.46. The number of sulfonamides is 1. The fourth-order valence-electron chi connectivity index (χ4n) is 2.40. The van der Waals surface area contributed by atoms with Crippen LogP contribution in [0, 0.1) is 11.2 Å². The normalized spacial score (nSPS) is 15.6. The van der Waals surface area contributed by atoms with E-state index in [0.717, 1.165) is 6.26 Å². The molecule has 0 atom stereocenters. The van der Waals surface area contributed by atoms with E-state index in [1.165, 1.54) is 25.3 Å². The number of rotatable bonds is 5. The molecule has 0 bridgehead atoms. The number of halogens is 1. The highest BCUT2D eigenvalue weighted by molar-refractivity contribution is 7.88. The van der Waals surface area contributed by atoms with Gasteiger partial charge in [0.25, 0.3) is 0 Å². The fourth-order valence-corrected chi connectivity index (χ4v) is 3.05. The number of hydrogen-bond acceptors (Lipinski definition) is 5. The number of methoxy groups -OCH3 is 1. The maximum absolute atomic E-state index is 13.4. The fraction of sp³-hybridized carbons (Fsp3) is 0.267. The van der Waals surface area contributed by atoms with E-state index in [-0.39, 0.29) is 17.0 Å². The minimum Gasteiger partial charge on any atom is -0.494 e. The Hall–Kier alpha value is -2.35. The number of allylic oxidation sites excluding steroid dienone is 3. The van der Waals surface area contributed by atoms with E-state index in [9.17, 15) is 12.8 Å². The third-order valence-corrected chi connectivity index (χ3v) is 3.96. The van der Waals surface area contributed by atoms with Crippen LogP contribution in [-0.2, 0) is 14.8 Å². The summed E-state index contributed by atoms with van der Waals surface area (Å²) in [6, 6.07) is 5.56. The lowest BCUT2D eigenvalue weighted by atomic mass is 9.92. The lowest BCUT2D eigenvalue weighted by molar-refractivity contribution is 0.292. The summed E-state index contributed by atoms with van der Waals surface area (Å²) in [7, 11) is -2.11. The Kier molecular flexibility index (Phi) is 4.74. The summed E-state index contributed by atoms with van der Waals surface area (Å²) in [5.41, 5.74) is 7.32. The van der Waals surface area contributed by atoms with Crippen molar-refractivity contribution in [3.63, 3.8) is 0 Å². The molecule has 23 heavy (non-hydrogen) atoms. The van der Waals surface area contributed by atoms with Crippen molar-refractivity contribution in [3.05, 3.63) is 58.4 Å².